The molecule has 1 atom stereocenters. The van der Waals surface area contributed by atoms with Crippen LogP contribution in [0.15, 0.2) is 223 Å². The second-order valence-electron chi connectivity index (χ2n) is 18.4. The summed E-state index contributed by atoms with van der Waals surface area (Å²) in [6.45, 7) is 5.12. The first-order valence-electron chi connectivity index (χ1n) is 22.7. The summed E-state index contributed by atoms with van der Waals surface area (Å²) in [5.41, 5.74) is 16.3. The number of para-hydroxylation sites is 3. The number of anilines is 3. The van der Waals surface area contributed by atoms with Crippen molar-refractivity contribution >= 4 is 90.0 Å². The van der Waals surface area contributed by atoms with Gasteiger partial charge in [-0.1, -0.05) is 171 Å². The maximum absolute atomic E-state index is 6.45. The van der Waals surface area contributed by atoms with Crippen LogP contribution >= 0.6 is 0 Å². The van der Waals surface area contributed by atoms with Gasteiger partial charge in [-0.2, -0.15) is 0 Å². The Morgan fingerprint density at radius 1 is 0.415 bits per heavy atom. The number of furan rings is 1. The lowest BCUT2D eigenvalue weighted by atomic mass is 9.59. The van der Waals surface area contributed by atoms with Crippen molar-refractivity contribution in [3.8, 4) is 16.8 Å². The van der Waals surface area contributed by atoms with Gasteiger partial charge in [0.1, 0.15) is 19.2 Å². The van der Waals surface area contributed by atoms with Gasteiger partial charge in [0.2, 0.25) is 0 Å². The number of rotatable bonds is 4. The molecule has 2 aliphatic rings. The Kier molecular flexibility index (Phi) is 7.48. The summed E-state index contributed by atoms with van der Waals surface area (Å²) in [7, 11) is -2.32. The van der Waals surface area contributed by atoms with Gasteiger partial charge in [0.25, 0.3) is 0 Å². The zero-order valence-electron chi connectivity index (χ0n) is 36.1. The number of nitrogens with zero attached hydrogens (tertiary/aromatic N) is 2. The van der Waals surface area contributed by atoms with Gasteiger partial charge in [0, 0.05) is 33.2 Å². The van der Waals surface area contributed by atoms with Crippen LogP contribution in [0.2, 0.25) is 13.1 Å². The van der Waals surface area contributed by atoms with Gasteiger partial charge in [-0.3, -0.25) is 0 Å². The molecular formula is C61H42N2OSi. The van der Waals surface area contributed by atoms with Crippen molar-refractivity contribution in [3.63, 3.8) is 0 Å². The average molecular weight is 847 g/mol. The quantitative estimate of drug-likeness (QED) is 0.165. The highest BCUT2D eigenvalue weighted by molar-refractivity contribution is 7.01. The first-order valence-corrected chi connectivity index (χ1v) is 25.7. The van der Waals surface area contributed by atoms with Crippen molar-refractivity contribution in [3.05, 3.63) is 241 Å². The normalized spacial score (nSPS) is 15.7. The Balaban J connectivity index is 1.04. The molecule has 0 bridgehead atoms. The van der Waals surface area contributed by atoms with Crippen LogP contribution in [0.4, 0.5) is 17.1 Å². The van der Waals surface area contributed by atoms with Gasteiger partial charge in [-0.05, 0) is 115 Å². The third-order valence-electron chi connectivity index (χ3n) is 14.8. The number of benzene rings is 10. The van der Waals surface area contributed by atoms with Crippen molar-refractivity contribution in [2.75, 3.05) is 4.90 Å². The summed E-state index contributed by atoms with van der Waals surface area (Å²) in [6, 6.07) is 81.4. The predicted molar refractivity (Wildman–Crippen MR) is 274 cm³/mol. The van der Waals surface area contributed by atoms with E-state index >= 15 is 0 Å². The van der Waals surface area contributed by atoms with Gasteiger partial charge < -0.3 is 13.9 Å². The molecular weight excluding hydrogens is 805 g/mol. The highest BCUT2D eigenvalue weighted by atomic mass is 28.3. The molecule has 0 saturated carbocycles. The molecule has 306 valence electrons. The standard InChI is InChI=1S/C61H42N2OSi/c1-65(2)57-32-13-10-26-49(57)61(48-25-9-6-21-43(48)46-24-14-17-39-18-15-27-51(61)59(39)46)50-36-34-42(38-58(50)65)62(40-19-4-3-5-20-40)41-33-35-45-44-22-7-11-28-52(44)63(54(45)37-41)53-29-16-31-56-60(53)47-23-8-12-30-55(47)64-56/h3-38H,1-2H3. The minimum Gasteiger partial charge on any atom is -0.456 e. The fourth-order valence-electron chi connectivity index (χ4n) is 12.1. The Bertz CT molecular complexity index is 3950. The number of hydrogen-bond acceptors (Lipinski definition) is 2. The molecule has 3 heterocycles. The second-order valence-corrected chi connectivity index (χ2v) is 22.7. The molecule has 0 saturated heterocycles. The number of aromatic nitrogens is 1. The van der Waals surface area contributed by atoms with Crippen LogP contribution in [-0.4, -0.2) is 12.6 Å². The lowest BCUT2D eigenvalue weighted by Crippen LogP contribution is -2.63. The van der Waals surface area contributed by atoms with Gasteiger partial charge in [0.15, 0.2) is 0 Å². The maximum Gasteiger partial charge on any atom is 0.137 e. The third kappa shape index (κ3) is 4.84. The van der Waals surface area contributed by atoms with Crippen LogP contribution in [0.1, 0.15) is 22.3 Å². The molecule has 0 N–H and O–H groups in total. The van der Waals surface area contributed by atoms with E-state index in [0.29, 0.717) is 0 Å². The van der Waals surface area contributed by atoms with Crippen LogP contribution in [-0.2, 0) is 5.41 Å². The van der Waals surface area contributed by atoms with Gasteiger partial charge in [-0.15, -0.1) is 0 Å². The summed E-state index contributed by atoms with van der Waals surface area (Å²) in [5, 5.41) is 10.3. The fourth-order valence-corrected chi connectivity index (χ4v) is 15.3. The minimum atomic E-state index is -2.32. The smallest absolute Gasteiger partial charge is 0.137 e. The molecule has 10 aromatic carbocycles. The van der Waals surface area contributed by atoms with Crippen molar-refractivity contribution in [1.29, 1.82) is 0 Å². The van der Waals surface area contributed by atoms with E-state index in [4.69, 9.17) is 4.42 Å². The zero-order chi connectivity index (χ0) is 43.0. The van der Waals surface area contributed by atoms with Crippen LogP contribution in [0.25, 0.3) is 71.3 Å². The highest BCUT2D eigenvalue weighted by Crippen LogP contribution is 2.56. The lowest BCUT2D eigenvalue weighted by molar-refractivity contribution is 0.669. The number of fused-ring (bicyclic) bond motifs is 14. The van der Waals surface area contributed by atoms with Crippen LogP contribution in [0.3, 0.4) is 0 Å². The first-order chi connectivity index (χ1) is 32.0. The molecule has 1 spiro atoms. The van der Waals surface area contributed by atoms with E-state index in [9.17, 15) is 0 Å². The van der Waals surface area contributed by atoms with Crippen LogP contribution in [0.5, 0.6) is 0 Å². The first kappa shape index (κ1) is 36.5. The molecule has 12 aromatic rings. The SMILES string of the molecule is C[Si]1(C)c2ccccc2C2(c3ccccc3-c3cccc4cccc2c34)c2ccc(N(c3ccccc3)c3ccc4c5ccccc5n(-c5cccc6oc7ccccc7c56)c4c3)cc21. The molecule has 0 fully saturated rings. The van der Waals surface area contributed by atoms with Crippen LogP contribution < -0.4 is 15.3 Å². The molecule has 0 radical (unpaired) electrons. The summed E-state index contributed by atoms with van der Waals surface area (Å²) in [4.78, 5) is 2.47. The van der Waals surface area contributed by atoms with Crippen molar-refractivity contribution in [2.24, 2.45) is 0 Å². The molecule has 0 amide bonds. The monoisotopic (exact) mass is 846 g/mol. The number of hydrogen-bond donors (Lipinski definition) is 0. The van der Waals surface area contributed by atoms with Crippen molar-refractivity contribution < 1.29 is 4.42 Å². The van der Waals surface area contributed by atoms with Crippen molar-refractivity contribution in [2.45, 2.75) is 18.5 Å². The van der Waals surface area contributed by atoms with Gasteiger partial charge in [0.05, 0.1) is 27.5 Å². The molecule has 3 nitrogen and oxygen atoms in total. The third-order valence-corrected chi connectivity index (χ3v) is 18.4. The molecule has 4 heteroatoms. The van der Waals surface area contributed by atoms with E-state index in [1.54, 1.807) is 0 Å². The van der Waals surface area contributed by atoms with E-state index in [-0.39, 0.29) is 0 Å². The zero-order valence-corrected chi connectivity index (χ0v) is 37.1. The fraction of sp³-hybridized carbons (Fsp3) is 0.0492. The Labute approximate surface area is 378 Å². The van der Waals surface area contributed by atoms with Crippen molar-refractivity contribution in [1.82, 2.24) is 4.57 Å². The molecule has 65 heavy (non-hydrogen) atoms. The van der Waals surface area contributed by atoms with E-state index in [2.05, 4.69) is 235 Å². The van der Waals surface area contributed by atoms with E-state index in [1.807, 2.05) is 6.07 Å². The Morgan fingerprint density at radius 3 is 1.94 bits per heavy atom. The molecule has 1 aliphatic carbocycles. The summed E-state index contributed by atoms with van der Waals surface area (Å²) in [6.07, 6.45) is 0. The second kappa shape index (κ2) is 13.3. The largest absolute Gasteiger partial charge is 0.456 e. The van der Waals surface area contributed by atoms with E-state index in [1.165, 1.54) is 70.8 Å². The summed E-state index contributed by atoms with van der Waals surface area (Å²) in [5.74, 6) is 0. The molecule has 1 aliphatic heterocycles. The Morgan fingerprint density at radius 2 is 1.05 bits per heavy atom. The van der Waals surface area contributed by atoms with Gasteiger partial charge >= 0.3 is 0 Å². The maximum atomic E-state index is 6.45. The lowest BCUT2D eigenvalue weighted by Gasteiger charge is -2.50. The van der Waals surface area contributed by atoms with E-state index < -0.39 is 13.5 Å². The van der Waals surface area contributed by atoms with Gasteiger partial charge in [-0.25, -0.2) is 0 Å². The summed E-state index contributed by atoms with van der Waals surface area (Å²) < 4.78 is 8.90. The van der Waals surface area contributed by atoms with E-state index in [0.717, 1.165) is 50.2 Å². The molecule has 14 rings (SSSR count). The highest BCUT2D eigenvalue weighted by Gasteiger charge is 2.52. The Hall–Kier alpha value is -7.92. The average Bonchev–Trinajstić information content (AvgIpc) is 3.90. The summed E-state index contributed by atoms with van der Waals surface area (Å²) >= 11 is 0. The molecule has 2 aromatic heterocycles. The van der Waals surface area contributed by atoms with Crippen LogP contribution in [0, 0.1) is 0 Å². The molecule has 1 unspecified atom stereocenters. The topological polar surface area (TPSA) is 21.3 Å². The predicted octanol–water partition coefficient (Wildman–Crippen LogP) is 14.8. The minimum absolute atomic E-state index is 0.493.